The Kier molecular flexibility index (Phi) is 1.65. The van der Waals surface area contributed by atoms with Crippen molar-refractivity contribution in [1.82, 2.24) is 0 Å². The molecule has 0 aromatic carbocycles. The van der Waals surface area contributed by atoms with Gasteiger partial charge in [0.25, 0.3) is 0 Å². The molecular weight excluding hydrogens is 154 g/mol. The number of hydrogen-bond acceptors (Lipinski definition) is 2. The molecule has 3 N–H and O–H groups in total. The van der Waals surface area contributed by atoms with E-state index in [-0.39, 0.29) is 0 Å². The summed E-state index contributed by atoms with van der Waals surface area (Å²) in [5.41, 5.74) is 5.00. The van der Waals surface area contributed by atoms with Crippen LogP contribution in [0.25, 0.3) is 0 Å². The van der Waals surface area contributed by atoms with Crippen molar-refractivity contribution in [3.05, 3.63) is 0 Å². The molecule has 12 heavy (non-hydrogen) atoms. The molecule has 0 saturated heterocycles. The Hall–Kier alpha value is -0.570. The van der Waals surface area contributed by atoms with Crippen LogP contribution in [0.15, 0.2) is 0 Å². The summed E-state index contributed by atoms with van der Waals surface area (Å²) in [6, 6.07) is 0. The summed E-state index contributed by atoms with van der Waals surface area (Å²) in [5.74, 6) is 0.387. The van der Waals surface area contributed by atoms with Gasteiger partial charge in [-0.25, -0.2) is 0 Å². The van der Waals surface area contributed by atoms with Crippen LogP contribution in [-0.4, -0.2) is 17.6 Å². The first-order valence-electron chi connectivity index (χ1n) is 4.64. The Labute approximate surface area is 71.9 Å². The van der Waals surface area contributed by atoms with E-state index < -0.39 is 11.4 Å². The summed E-state index contributed by atoms with van der Waals surface area (Å²) < 4.78 is 0. The highest BCUT2D eigenvalue weighted by molar-refractivity contribution is 5.77. The van der Waals surface area contributed by atoms with E-state index in [4.69, 9.17) is 10.8 Å². The molecule has 3 atom stereocenters. The van der Waals surface area contributed by atoms with E-state index in [1.54, 1.807) is 0 Å². The average Bonchev–Trinajstić information content (AvgIpc) is 2.34. The Morgan fingerprint density at radius 1 is 1.58 bits per heavy atom. The van der Waals surface area contributed by atoms with Crippen molar-refractivity contribution in [2.24, 2.45) is 23.0 Å². The molecule has 2 rings (SSSR count). The number of fused-ring (bicyclic) bond motifs is 1. The first kappa shape index (κ1) is 8.05. The number of carboxylic acids is 1. The van der Waals surface area contributed by atoms with E-state index >= 15 is 0 Å². The van der Waals surface area contributed by atoms with Gasteiger partial charge in [-0.15, -0.1) is 0 Å². The lowest BCUT2D eigenvalue weighted by atomic mass is 9.55. The zero-order valence-corrected chi connectivity index (χ0v) is 7.12. The molecule has 0 spiro atoms. The molecule has 2 aliphatic carbocycles. The van der Waals surface area contributed by atoms with Crippen LogP contribution in [0.1, 0.15) is 25.7 Å². The SMILES string of the molecule is NC[C@]1(C(=O)O)C[C@@H]2CCC[C@@H]21. The predicted octanol–water partition coefficient (Wildman–Crippen LogP) is 0.836. The smallest absolute Gasteiger partial charge is 0.311 e. The van der Waals surface area contributed by atoms with E-state index in [9.17, 15) is 4.79 Å². The molecule has 0 amide bonds. The Morgan fingerprint density at radius 3 is 2.83 bits per heavy atom. The maximum Gasteiger partial charge on any atom is 0.311 e. The fourth-order valence-electron chi connectivity index (χ4n) is 3.04. The second-order valence-corrected chi connectivity index (χ2v) is 4.17. The van der Waals surface area contributed by atoms with Crippen molar-refractivity contribution in [3.63, 3.8) is 0 Å². The van der Waals surface area contributed by atoms with Crippen LogP contribution in [0, 0.1) is 17.3 Å². The zero-order valence-electron chi connectivity index (χ0n) is 7.12. The second-order valence-electron chi connectivity index (χ2n) is 4.17. The third kappa shape index (κ3) is 0.774. The van der Waals surface area contributed by atoms with E-state index in [1.807, 2.05) is 0 Å². The van der Waals surface area contributed by atoms with Crippen molar-refractivity contribution < 1.29 is 9.90 Å². The first-order chi connectivity index (χ1) is 5.70. The van der Waals surface area contributed by atoms with Crippen molar-refractivity contribution in [2.75, 3.05) is 6.54 Å². The molecule has 0 aromatic heterocycles. The van der Waals surface area contributed by atoms with Crippen molar-refractivity contribution in [2.45, 2.75) is 25.7 Å². The van der Waals surface area contributed by atoms with E-state index in [0.717, 1.165) is 12.8 Å². The van der Waals surface area contributed by atoms with Gasteiger partial charge in [0, 0.05) is 6.54 Å². The summed E-state index contributed by atoms with van der Waals surface area (Å²) >= 11 is 0. The van der Waals surface area contributed by atoms with Gasteiger partial charge in [0.2, 0.25) is 0 Å². The highest BCUT2D eigenvalue weighted by Crippen LogP contribution is 2.58. The van der Waals surface area contributed by atoms with E-state index in [1.165, 1.54) is 12.8 Å². The van der Waals surface area contributed by atoms with Crippen LogP contribution in [-0.2, 0) is 4.79 Å². The molecule has 0 aliphatic heterocycles. The standard InChI is InChI=1S/C9H15NO2/c10-5-9(8(11)12)4-6-2-1-3-7(6)9/h6-7H,1-5,10H2,(H,11,12)/t6-,7-,9+/m0/s1. The fourth-order valence-corrected chi connectivity index (χ4v) is 3.04. The monoisotopic (exact) mass is 169 g/mol. The van der Waals surface area contributed by atoms with Crippen LogP contribution in [0.5, 0.6) is 0 Å². The minimum absolute atomic E-state index is 0.323. The number of aliphatic carboxylic acids is 1. The predicted molar refractivity (Wildman–Crippen MR) is 44.6 cm³/mol. The van der Waals surface area contributed by atoms with Gasteiger partial charge in [0.05, 0.1) is 5.41 Å². The third-order valence-corrected chi connectivity index (χ3v) is 3.79. The number of carbonyl (C=O) groups is 1. The van der Waals surface area contributed by atoms with Gasteiger partial charge in [-0.1, -0.05) is 12.8 Å². The van der Waals surface area contributed by atoms with Crippen LogP contribution in [0.3, 0.4) is 0 Å². The quantitative estimate of drug-likeness (QED) is 0.643. The highest BCUT2D eigenvalue weighted by Gasteiger charge is 2.59. The Morgan fingerprint density at radius 2 is 2.33 bits per heavy atom. The summed E-state index contributed by atoms with van der Waals surface area (Å²) in [4.78, 5) is 11.0. The lowest BCUT2D eigenvalue weighted by Crippen LogP contribution is -2.55. The number of carboxylic acid groups (broad SMARTS) is 1. The normalized spacial score (nSPS) is 45.1. The molecule has 0 bridgehead atoms. The van der Waals surface area contributed by atoms with Crippen molar-refractivity contribution in [3.8, 4) is 0 Å². The molecule has 2 fully saturated rings. The van der Waals surface area contributed by atoms with Crippen LogP contribution < -0.4 is 5.73 Å². The first-order valence-corrected chi connectivity index (χ1v) is 4.64. The molecule has 0 heterocycles. The number of rotatable bonds is 2. The third-order valence-electron chi connectivity index (χ3n) is 3.79. The molecule has 3 nitrogen and oxygen atoms in total. The summed E-state index contributed by atoms with van der Waals surface area (Å²) in [6.45, 7) is 0.323. The van der Waals surface area contributed by atoms with Gasteiger partial charge < -0.3 is 10.8 Å². The topological polar surface area (TPSA) is 63.3 Å². The second kappa shape index (κ2) is 2.46. The minimum atomic E-state index is -0.673. The van der Waals surface area contributed by atoms with Gasteiger partial charge in [-0.2, -0.15) is 0 Å². The van der Waals surface area contributed by atoms with Gasteiger partial charge in [0.1, 0.15) is 0 Å². The van der Waals surface area contributed by atoms with Crippen molar-refractivity contribution >= 4 is 5.97 Å². The maximum absolute atomic E-state index is 11.0. The van der Waals surface area contributed by atoms with E-state index in [2.05, 4.69) is 0 Å². The van der Waals surface area contributed by atoms with Gasteiger partial charge in [-0.05, 0) is 24.7 Å². The number of hydrogen-bond donors (Lipinski definition) is 2. The largest absolute Gasteiger partial charge is 0.481 e. The average molecular weight is 169 g/mol. The number of nitrogens with two attached hydrogens (primary N) is 1. The molecule has 0 radical (unpaired) electrons. The lowest BCUT2D eigenvalue weighted by molar-refractivity contribution is -0.164. The van der Waals surface area contributed by atoms with Crippen LogP contribution in [0.2, 0.25) is 0 Å². The Bertz CT molecular complexity index is 217. The molecule has 68 valence electrons. The molecule has 2 aliphatic rings. The van der Waals surface area contributed by atoms with Crippen molar-refractivity contribution in [1.29, 1.82) is 0 Å². The highest BCUT2D eigenvalue weighted by atomic mass is 16.4. The molecule has 3 heteroatoms. The lowest BCUT2D eigenvalue weighted by Gasteiger charge is -2.48. The molecular formula is C9H15NO2. The molecule has 0 unspecified atom stereocenters. The van der Waals surface area contributed by atoms with Gasteiger partial charge >= 0.3 is 5.97 Å². The fraction of sp³-hybridized carbons (Fsp3) is 0.889. The van der Waals surface area contributed by atoms with Crippen LogP contribution in [0.4, 0.5) is 0 Å². The zero-order chi connectivity index (χ0) is 8.77. The molecule has 2 saturated carbocycles. The minimum Gasteiger partial charge on any atom is -0.481 e. The maximum atomic E-state index is 11.0. The summed E-state index contributed by atoms with van der Waals surface area (Å²) in [6.07, 6.45) is 4.32. The van der Waals surface area contributed by atoms with Gasteiger partial charge in [0.15, 0.2) is 0 Å². The van der Waals surface area contributed by atoms with Crippen LogP contribution >= 0.6 is 0 Å². The van der Waals surface area contributed by atoms with E-state index in [0.29, 0.717) is 18.4 Å². The Balaban J connectivity index is 2.16. The molecule has 0 aromatic rings. The summed E-state index contributed by atoms with van der Waals surface area (Å²) in [5, 5.41) is 9.05. The summed E-state index contributed by atoms with van der Waals surface area (Å²) in [7, 11) is 0. The van der Waals surface area contributed by atoms with Gasteiger partial charge in [-0.3, -0.25) is 4.79 Å².